The molecule has 272 valence electrons. The van der Waals surface area contributed by atoms with Gasteiger partial charge in [-0.15, -0.1) is 0 Å². The Kier molecular flexibility index (Phi) is 27.0. The number of carbonyl (C=O) groups excluding carboxylic acids is 1. The number of rotatable bonds is 30. The third-order valence-corrected chi connectivity index (χ3v) is 9.11. The van der Waals surface area contributed by atoms with E-state index >= 15 is 0 Å². The van der Waals surface area contributed by atoms with Gasteiger partial charge in [0.2, 0.25) is 5.91 Å². The third kappa shape index (κ3) is 20.3. The van der Waals surface area contributed by atoms with E-state index in [0.717, 1.165) is 38.5 Å². The van der Waals surface area contributed by atoms with Crippen LogP contribution in [-0.2, 0) is 14.3 Å². The lowest BCUT2D eigenvalue weighted by atomic mass is 9.99. The summed E-state index contributed by atoms with van der Waals surface area (Å²) in [5, 5.41) is 53.8. The van der Waals surface area contributed by atoms with Gasteiger partial charge < -0.3 is 40.3 Å². The summed E-state index contributed by atoms with van der Waals surface area (Å²) in [6.45, 7) is 3.71. The highest BCUT2D eigenvalue weighted by Crippen LogP contribution is 2.22. The minimum absolute atomic E-state index is 0.183. The van der Waals surface area contributed by atoms with Crippen LogP contribution in [0.2, 0.25) is 0 Å². The average Bonchev–Trinajstić information content (AvgIpc) is 3.05. The maximum absolute atomic E-state index is 12.8. The second-order valence-corrected chi connectivity index (χ2v) is 13.4. The molecule has 0 aromatic carbocycles. The highest BCUT2D eigenvalue weighted by atomic mass is 16.7. The number of aliphatic hydroxyl groups excluding tert-OH is 5. The molecule has 9 heteroatoms. The van der Waals surface area contributed by atoms with Crippen LogP contribution in [0, 0.1) is 0 Å². The van der Waals surface area contributed by atoms with E-state index in [-0.39, 0.29) is 12.5 Å². The van der Waals surface area contributed by atoms with Crippen LogP contribution in [-0.4, -0.2) is 87.5 Å². The maximum atomic E-state index is 12.8. The predicted octanol–water partition coefficient (Wildman–Crippen LogP) is 6.22. The summed E-state index contributed by atoms with van der Waals surface area (Å²) in [6, 6.07) is -0.795. The van der Waals surface area contributed by atoms with E-state index in [1.165, 1.54) is 103 Å². The molecule has 1 saturated heterocycles. The Hall–Kier alpha value is -1.07. The van der Waals surface area contributed by atoms with Crippen molar-refractivity contribution in [3.63, 3.8) is 0 Å². The van der Waals surface area contributed by atoms with Gasteiger partial charge >= 0.3 is 0 Å². The van der Waals surface area contributed by atoms with E-state index in [2.05, 4.69) is 19.2 Å². The topological polar surface area (TPSA) is 149 Å². The average molecular weight is 658 g/mol. The predicted molar refractivity (Wildman–Crippen MR) is 184 cm³/mol. The fourth-order valence-electron chi connectivity index (χ4n) is 5.98. The molecule has 1 amide bonds. The lowest BCUT2D eigenvalue weighted by Gasteiger charge is -2.40. The zero-order valence-electron chi connectivity index (χ0n) is 29.3. The Labute approximate surface area is 280 Å². The fraction of sp³-hybridized carbons (Fsp3) is 0.919. The summed E-state index contributed by atoms with van der Waals surface area (Å²) in [5.41, 5.74) is 0. The summed E-state index contributed by atoms with van der Waals surface area (Å²) in [6.07, 6.45) is 22.6. The molecule has 1 aliphatic heterocycles. The number of nitrogens with one attached hydrogen (secondary N) is 1. The van der Waals surface area contributed by atoms with Gasteiger partial charge in [0.05, 0.1) is 25.4 Å². The minimum Gasteiger partial charge on any atom is -0.394 e. The van der Waals surface area contributed by atoms with E-state index in [1.807, 2.05) is 6.08 Å². The smallest absolute Gasteiger partial charge is 0.220 e. The molecule has 0 spiro atoms. The van der Waals surface area contributed by atoms with Gasteiger partial charge in [-0.25, -0.2) is 0 Å². The van der Waals surface area contributed by atoms with E-state index in [0.29, 0.717) is 6.42 Å². The van der Waals surface area contributed by atoms with Crippen molar-refractivity contribution in [3.05, 3.63) is 12.2 Å². The van der Waals surface area contributed by atoms with Crippen LogP contribution in [0.25, 0.3) is 0 Å². The standard InChI is InChI=1S/C37H71NO8/c1-3-5-7-9-11-13-14-15-16-17-18-19-20-22-24-26-31(40)30(38-33(41)27-25-23-21-12-10-8-6-4-2)29-45-37-36(44)35(43)34(42)32(28-39)46-37/h24,26,30-32,34-37,39-40,42-44H,3-23,25,27-29H2,1-2H3,(H,38,41)/b26-24+/t30-,31+,32+,34-,35?,36?,37+/m0/s1. The zero-order chi connectivity index (χ0) is 33.8. The lowest BCUT2D eigenvalue weighted by Crippen LogP contribution is -2.60. The number of carbonyl (C=O) groups is 1. The molecule has 1 aliphatic rings. The van der Waals surface area contributed by atoms with Crippen LogP contribution < -0.4 is 5.32 Å². The lowest BCUT2D eigenvalue weighted by molar-refractivity contribution is -0.302. The van der Waals surface area contributed by atoms with E-state index in [4.69, 9.17) is 9.47 Å². The van der Waals surface area contributed by atoms with Crippen molar-refractivity contribution in [2.45, 2.75) is 204 Å². The first-order valence-corrected chi connectivity index (χ1v) is 18.9. The number of hydrogen-bond acceptors (Lipinski definition) is 8. The number of allylic oxidation sites excluding steroid dienone is 1. The molecule has 9 nitrogen and oxygen atoms in total. The molecular weight excluding hydrogens is 586 g/mol. The van der Waals surface area contributed by atoms with E-state index < -0.39 is 49.5 Å². The van der Waals surface area contributed by atoms with Gasteiger partial charge in [-0.1, -0.05) is 148 Å². The molecular formula is C37H71NO8. The monoisotopic (exact) mass is 658 g/mol. The molecule has 1 heterocycles. The van der Waals surface area contributed by atoms with Gasteiger partial charge in [0.1, 0.15) is 24.4 Å². The van der Waals surface area contributed by atoms with Crippen LogP contribution in [0.5, 0.6) is 0 Å². The molecule has 0 aromatic heterocycles. The summed E-state index contributed by atoms with van der Waals surface area (Å²) >= 11 is 0. The minimum atomic E-state index is -1.56. The number of aliphatic hydroxyl groups is 5. The highest BCUT2D eigenvalue weighted by Gasteiger charge is 2.44. The molecule has 6 N–H and O–H groups in total. The molecule has 7 atom stereocenters. The molecule has 0 aliphatic carbocycles. The van der Waals surface area contributed by atoms with Gasteiger partial charge in [0.25, 0.3) is 0 Å². The molecule has 0 bridgehead atoms. The number of unbranched alkanes of at least 4 members (excludes halogenated alkanes) is 20. The Bertz CT molecular complexity index is 736. The van der Waals surface area contributed by atoms with Crippen molar-refractivity contribution in [2.24, 2.45) is 0 Å². The summed E-state index contributed by atoms with van der Waals surface area (Å²) in [5.74, 6) is -0.183. The normalized spacial score (nSPS) is 23.2. The molecule has 0 aromatic rings. The summed E-state index contributed by atoms with van der Waals surface area (Å²) < 4.78 is 11.1. The number of hydrogen-bond donors (Lipinski definition) is 6. The molecule has 2 unspecified atom stereocenters. The van der Waals surface area contributed by atoms with Gasteiger partial charge in [0.15, 0.2) is 6.29 Å². The van der Waals surface area contributed by atoms with Crippen molar-refractivity contribution in [1.29, 1.82) is 0 Å². The van der Waals surface area contributed by atoms with Crippen LogP contribution >= 0.6 is 0 Å². The van der Waals surface area contributed by atoms with Crippen LogP contribution in [0.15, 0.2) is 12.2 Å². The number of amides is 1. The second-order valence-electron chi connectivity index (χ2n) is 13.4. The van der Waals surface area contributed by atoms with Crippen molar-refractivity contribution >= 4 is 5.91 Å². The van der Waals surface area contributed by atoms with Gasteiger partial charge in [-0.2, -0.15) is 0 Å². The van der Waals surface area contributed by atoms with Crippen LogP contribution in [0.3, 0.4) is 0 Å². The SMILES string of the molecule is CCCCCCCCCCCCCCC/C=C/[C@@H](O)[C@H](CO[C@@H]1O[C@H](CO)[C@H](O)C(O)C1O)NC(=O)CCCCCCCCCC. The highest BCUT2D eigenvalue weighted by molar-refractivity contribution is 5.76. The van der Waals surface area contributed by atoms with E-state index in [1.54, 1.807) is 6.08 Å². The second kappa shape index (κ2) is 28.9. The van der Waals surface area contributed by atoms with Crippen LogP contribution in [0.4, 0.5) is 0 Å². The first kappa shape index (κ1) is 43.0. The molecule has 1 rings (SSSR count). The van der Waals surface area contributed by atoms with Gasteiger partial charge in [0, 0.05) is 6.42 Å². The Morgan fingerprint density at radius 2 is 1.20 bits per heavy atom. The Morgan fingerprint density at radius 1 is 0.717 bits per heavy atom. The zero-order valence-corrected chi connectivity index (χ0v) is 29.3. The summed E-state index contributed by atoms with van der Waals surface area (Å²) in [4.78, 5) is 12.8. The fourth-order valence-corrected chi connectivity index (χ4v) is 5.98. The molecule has 0 radical (unpaired) electrons. The Balaban J connectivity index is 2.45. The van der Waals surface area contributed by atoms with Crippen molar-refractivity contribution in [3.8, 4) is 0 Å². The molecule has 1 fully saturated rings. The first-order chi connectivity index (χ1) is 22.3. The van der Waals surface area contributed by atoms with Crippen molar-refractivity contribution in [1.82, 2.24) is 5.32 Å². The van der Waals surface area contributed by atoms with Crippen LogP contribution in [0.1, 0.15) is 162 Å². The maximum Gasteiger partial charge on any atom is 0.220 e. The van der Waals surface area contributed by atoms with Gasteiger partial charge in [-0.05, 0) is 19.3 Å². The Morgan fingerprint density at radius 3 is 1.70 bits per heavy atom. The summed E-state index contributed by atoms with van der Waals surface area (Å²) in [7, 11) is 0. The third-order valence-electron chi connectivity index (χ3n) is 9.11. The first-order valence-electron chi connectivity index (χ1n) is 18.9. The van der Waals surface area contributed by atoms with Crippen molar-refractivity contribution in [2.75, 3.05) is 13.2 Å². The van der Waals surface area contributed by atoms with E-state index in [9.17, 15) is 30.3 Å². The molecule has 0 saturated carbocycles. The molecule has 46 heavy (non-hydrogen) atoms. The quantitative estimate of drug-likeness (QED) is 0.0394. The largest absolute Gasteiger partial charge is 0.394 e. The number of ether oxygens (including phenoxy) is 2. The van der Waals surface area contributed by atoms with Crippen molar-refractivity contribution < 1.29 is 39.8 Å². The van der Waals surface area contributed by atoms with Gasteiger partial charge in [-0.3, -0.25) is 4.79 Å².